The van der Waals surface area contributed by atoms with Gasteiger partial charge in [-0.1, -0.05) is 19.1 Å². The standard InChI is InChI=1S/C13H16N4OS/c1-2-5-16-6-7-17(13(16)18)9-10-3-4-15-11(8-10)12(14)19/h3-4,6-8H,2,5,9H2,1H3,(H2,14,19). The lowest BCUT2D eigenvalue weighted by molar-refractivity contribution is 0.624. The fourth-order valence-electron chi connectivity index (χ4n) is 1.89. The number of nitrogens with zero attached hydrogens (tertiary/aromatic N) is 3. The second-order valence-corrected chi connectivity index (χ2v) is 4.76. The predicted molar refractivity (Wildman–Crippen MR) is 78.2 cm³/mol. The van der Waals surface area contributed by atoms with Crippen molar-refractivity contribution < 1.29 is 0 Å². The van der Waals surface area contributed by atoms with Crippen molar-refractivity contribution in [3.8, 4) is 0 Å². The monoisotopic (exact) mass is 276 g/mol. The lowest BCUT2D eigenvalue weighted by Crippen LogP contribution is -2.24. The number of hydrogen-bond donors (Lipinski definition) is 1. The molecule has 0 saturated carbocycles. The van der Waals surface area contributed by atoms with Crippen LogP contribution in [0, 0.1) is 0 Å². The molecule has 0 saturated heterocycles. The molecule has 0 spiro atoms. The van der Waals surface area contributed by atoms with Gasteiger partial charge in [-0.2, -0.15) is 0 Å². The number of hydrogen-bond acceptors (Lipinski definition) is 3. The Balaban J connectivity index is 2.24. The van der Waals surface area contributed by atoms with Crippen molar-refractivity contribution in [2.45, 2.75) is 26.4 Å². The van der Waals surface area contributed by atoms with Gasteiger partial charge in [0.25, 0.3) is 0 Å². The summed E-state index contributed by atoms with van der Waals surface area (Å²) in [7, 11) is 0. The number of rotatable bonds is 5. The first-order chi connectivity index (χ1) is 9.11. The summed E-state index contributed by atoms with van der Waals surface area (Å²) in [4.78, 5) is 16.4. The molecule has 0 atom stereocenters. The van der Waals surface area contributed by atoms with Crippen molar-refractivity contribution in [3.63, 3.8) is 0 Å². The van der Waals surface area contributed by atoms with Crippen LogP contribution in [0.5, 0.6) is 0 Å². The first kappa shape index (κ1) is 13.5. The van der Waals surface area contributed by atoms with E-state index in [-0.39, 0.29) is 10.7 Å². The summed E-state index contributed by atoms with van der Waals surface area (Å²) in [6, 6.07) is 3.66. The van der Waals surface area contributed by atoms with Gasteiger partial charge in [-0.3, -0.25) is 14.1 Å². The van der Waals surface area contributed by atoms with Crippen LogP contribution in [0.3, 0.4) is 0 Å². The zero-order chi connectivity index (χ0) is 13.8. The molecule has 2 aromatic rings. The molecule has 0 fully saturated rings. The minimum atomic E-state index is -0.00413. The van der Waals surface area contributed by atoms with Gasteiger partial charge in [-0.05, 0) is 24.1 Å². The smallest absolute Gasteiger partial charge is 0.328 e. The van der Waals surface area contributed by atoms with Crippen LogP contribution in [0.2, 0.25) is 0 Å². The molecular formula is C13H16N4OS. The van der Waals surface area contributed by atoms with Crippen LogP contribution < -0.4 is 11.4 Å². The van der Waals surface area contributed by atoms with E-state index in [0.717, 1.165) is 18.5 Å². The summed E-state index contributed by atoms with van der Waals surface area (Å²) in [5, 5.41) is 0. The highest BCUT2D eigenvalue weighted by Gasteiger charge is 2.05. The van der Waals surface area contributed by atoms with Gasteiger partial charge >= 0.3 is 5.69 Å². The summed E-state index contributed by atoms with van der Waals surface area (Å²) >= 11 is 4.89. The lowest BCUT2D eigenvalue weighted by atomic mass is 10.2. The molecular weight excluding hydrogens is 260 g/mol. The van der Waals surface area contributed by atoms with Gasteiger partial charge in [0.05, 0.1) is 12.2 Å². The third kappa shape index (κ3) is 3.08. The molecule has 2 aromatic heterocycles. The number of aromatic nitrogens is 3. The van der Waals surface area contributed by atoms with Crippen LogP contribution in [0.15, 0.2) is 35.5 Å². The summed E-state index contributed by atoms with van der Waals surface area (Å²) < 4.78 is 3.37. The maximum atomic E-state index is 12.0. The van der Waals surface area contributed by atoms with Crippen LogP contribution in [0.1, 0.15) is 24.6 Å². The molecule has 19 heavy (non-hydrogen) atoms. The van der Waals surface area contributed by atoms with Crippen LogP contribution in [-0.2, 0) is 13.1 Å². The molecule has 0 aliphatic rings. The van der Waals surface area contributed by atoms with Crippen LogP contribution in [0.25, 0.3) is 0 Å². The molecule has 100 valence electrons. The molecule has 0 amide bonds. The van der Waals surface area contributed by atoms with E-state index in [4.69, 9.17) is 18.0 Å². The topological polar surface area (TPSA) is 65.8 Å². The fraction of sp³-hybridized carbons (Fsp3) is 0.308. The molecule has 2 heterocycles. The quantitative estimate of drug-likeness (QED) is 0.832. The number of thiocarbonyl (C=S) groups is 1. The maximum Gasteiger partial charge on any atom is 0.328 e. The Morgan fingerprint density at radius 3 is 2.84 bits per heavy atom. The summed E-state index contributed by atoms with van der Waals surface area (Å²) in [6.45, 7) is 3.27. The average molecular weight is 276 g/mol. The van der Waals surface area contributed by atoms with Crippen molar-refractivity contribution in [1.29, 1.82) is 0 Å². The van der Waals surface area contributed by atoms with Gasteiger partial charge in [0.15, 0.2) is 0 Å². The largest absolute Gasteiger partial charge is 0.388 e. The molecule has 5 nitrogen and oxygen atoms in total. The van der Waals surface area contributed by atoms with E-state index in [1.165, 1.54) is 0 Å². The van der Waals surface area contributed by atoms with Crippen molar-refractivity contribution in [3.05, 3.63) is 52.5 Å². The highest BCUT2D eigenvalue weighted by Crippen LogP contribution is 2.04. The van der Waals surface area contributed by atoms with Gasteiger partial charge in [-0.15, -0.1) is 0 Å². The van der Waals surface area contributed by atoms with E-state index in [1.807, 2.05) is 25.3 Å². The van der Waals surface area contributed by atoms with Crippen molar-refractivity contribution >= 4 is 17.2 Å². The van der Waals surface area contributed by atoms with Crippen LogP contribution in [0.4, 0.5) is 0 Å². The summed E-state index contributed by atoms with van der Waals surface area (Å²) in [5.74, 6) is 0. The Hall–Kier alpha value is -1.95. The zero-order valence-electron chi connectivity index (χ0n) is 10.7. The molecule has 6 heteroatoms. The zero-order valence-corrected chi connectivity index (χ0v) is 11.6. The highest BCUT2D eigenvalue weighted by molar-refractivity contribution is 7.80. The number of imidazole rings is 1. The van der Waals surface area contributed by atoms with Gasteiger partial charge in [-0.25, -0.2) is 4.79 Å². The lowest BCUT2D eigenvalue weighted by Gasteiger charge is -2.04. The highest BCUT2D eigenvalue weighted by atomic mass is 32.1. The molecule has 0 aliphatic carbocycles. The molecule has 0 radical (unpaired) electrons. The first-order valence-electron chi connectivity index (χ1n) is 6.12. The van der Waals surface area contributed by atoms with Crippen molar-refractivity contribution in [2.24, 2.45) is 5.73 Å². The van der Waals surface area contributed by atoms with Crippen LogP contribution in [-0.4, -0.2) is 19.1 Å². The van der Waals surface area contributed by atoms with E-state index < -0.39 is 0 Å². The van der Waals surface area contributed by atoms with Crippen LogP contribution >= 0.6 is 12.2 Å². The second-order valence-electron chi connectivity index (χ2n) is 4.32. The minimum Gasteiger partial charge on any atom is -0.388 e. The molecule has 0 unspecified atom stereocenters. The molecule has 2 N–H and O–H groups in total. The first-order valence-corrected chi connectivity index (χ1v) is 6.53. The predicted octanol–water partition coefficient (Wildman–Crippen LogP) is 1.14. The van der Waals surface area contributed by atoms with E-state index >= 15 is 0 Å². The molecule has 0 bridgehead atoms. The molecule has 0 aliphatic heterocycles. The Morgan fingerprint density at radius 2 is 2.16 bits per heavy atom. The Morgan fingerprint density at radius 1 is 1.42 bits per heavy atom. The summed E-state index contributed by atoms with van der Waals surface area (Å²) in [5.41, 5.74) is 7.07. The Kier molecular flexibility index (Phi) is 4.11. The van der Waals surface area contributed by atoms with E-state index in [2.05, 4.69) is 4.98 Å². The summed E-state index contributed by atoms with van der Waals surface area (Å²) in [6.07, 6.45) is 6.18. The number of nitrogens with two attached hydrogens (primary N) is 1. The fourth-order valence-corrected chi connectivity index (χ4v) is 2.00. The number of aryl methyl sites for hydroxylation is 1. The van der Waals surface area contributed by atoms with Gasteiger partial charge in [0.1, 0.15) is 4.99 Å². The minimum absolute atomic E-state index is 0.00413. The number of pyridine rings is 1. The molecule has 2 rings (SSSR count). The maximum absolute atomic E-state index is 12.0. The Labute approximate surface area is 116 Å². The SMILES string of the molecule is CCCn1ccn(Cc2ccnc(C(N)=S)c2)c1=O. The second kappa shape index (κ2) is 5.79. The average Bonchev–Trinajstić information content (AvgIpc) is 2.72. The van der Waals surface area contributed by atoms with Crippen molar-refractivity contribution in [2.75, 3.05) is 0 Å². The van der Waals surface area contributed by atoms with Gasteiger partial charge < -0.3 is 5.73 Å². The third-order valence-corrected chi connectivity index (χ3v) is 3.02. The van der Waals surface area contributed by atoms with Gasteiger partial charge in [0, 0.05) is 25.1 Å². The molecule has 0 aromatic carbocycles. The normalized spacial score (nSPS) is 10.6. The van der Waals surface area contributed by atoms with Gasteiger partial charge in [0.2, 0.25) is 0 Å². The van der Waals surface area contributed by atoms with E-state index in [0.29, 0.717) is 12.2 Å². The van der Waals surface area contributed by atoms with E-state index in [1.54, 1.807) is 21.5 Å². The van der Waals surface area contributed by atoms with E-state index in [9.17, 15) is 4.79 Å². The third-order valence-electron chi connectivity index (χ3n) is 2.81. The van der Waals surface area contributed by atoms with Crippen molar-refractivity contribution in [1.82, 2.24) is 14.1 Å². The Bertz CT molecular complexity index is 644.